The molecule has 1 heteroatoms. The predicted octanol–water partition coefficient (Wildman–Crippen LogP) is 2.80. The minimum absolute atomic E-state index is 1.09. The molecule has 58 valence electrons. The molecule has 10 heavy (non-hydrogen) atoms. The van der Waals surface area contributed by atoms with E-state index in [0.717, 1.165) is 6.54 Å². The number of hydrogen-bond donors (Lipinski definition) is 0. The molecule has 0 amide bonds. The molecule has 0 saturated carbocycles. The Morgan fingerprint density at radius 1 is 1.20 bits per heavy atom. The van der Waals surface area contributed by atoms with E-state index in [0.29, 0.717) is 0 Å². The Balaban J connectivity index is 2.35. The molecule has 1 nitrogen and oxygen atoms in total. The highest BCUT2D eigenvalue weighted by Gasteiger charge is 1.99. The first kappa shape index (κ1) is 7.77. The Labute approximate surface area is 63.5 Å². The third-order valence-corrected chi connectivity index (χ3v) is 2.12. The van der Waals surface area contributed by atoms with Crippen LogP contribution in [0.4, 0.5) is 0 Å². The van der Waals surface area contributed by atoms with Crippen molar-refractivity contribution in [3.05, 3.63) is 0 Å². The second-order valence-corrected chi connectivity index (χ2v) is 2.97. The van der Waals surface area contributed by atoms with Gasteiger partial charge in [-0.05, 0) is 25.7 Å². The topological polar surface area (TPSA) is 12.4 Å². The fraction of sp³-hybridized carbons (Fsp3) is 0.889. The predicted molar refractivity (Wildman–Crippen MR) is 45.7 cm³/mol. The van der Waals surface area contributed by atoms with Crippen LogP contribution in [0.3, 0.4) is 0 Å². The highest BCUT2D eigenvalue weighted by molar-refractivity contribution is 5.84. The van der Waals surface area contributed by atoms with Gasteiger partial charge in [-0.1, -0.05) is 19.8 Å². The van der Waals surface area contributed by atoms with Crippen LogP contribution in [0, 0.1) is 0 Å². The van der Waals surface area contributed by atoms with Gasteiger partial charge in [-0.25, -0.2) is 0 Å². The first-order valence-electron chi connectivity index (χ1n) is 4.45. The summed E-state index contributed by atoms with van der Waals surface area (Å²) in [6.45, 7) is 3.30. The van der Waals surface area contributed by atoms with Crippen LogP contribution in [-0.4, -0.2) is 12.3 Å². The Morgan fingerprint density at radius 2 is 2.00 bits per heavy atom. The minimum Gasteiger partial charge on any atom is -0.294 e. The van der Waals surface area contributed by atoms with E-state index in [4.69, 9.17) is 0 Å². The highest BCUT2D eigenvalue weighted by Crippen LogP contribution is 2.09. The van der Waals surface area contributed by atoms with E-state index in [1.165, 1.54) is 44.2 Å². The van der Waals surface area contributed by atoms with E-state index in [1.54, 1.807) is 0 Å². The molecule has 0 fully saturated rings. The van der Waals surface area contributed by atoms with Crippen molar-refractivity contribution in [2.24, 2.45) is 4.99 Å². The molecule has 0 saturated heterocycles. The van der Waals surface area contributed by atoms with Gasteiger partial charge in [-0.15, -0.1) is 0 Å². The maximum absolute atomic E-state index is 4.52. The molecule has 1 aliphatic heterocycles. The summed E-state index contributed by atoms with van der Waals surface area (Å²) in [7, 11) is 0. The zero-order valence-electron chi connectivity index (χ0n) is 6.90. The van der Waals surface area contributed by atoms with Crippen LogP contribution in [0.15, 0.2) is 4.99 Å². The molecule has 0 radical (unpaired) electrons. The summed E-state index contributed by atoms with van der Waals surface area (Å²) in [4.78, 5) is 4.52. The van der Waals surface area contributed by atoms with Crippen LogP contribution < -0.4 is 0 Å². The first-order chi connectivity index (χ1) is 4.93. The second-order valence-electron chi connectivity index (χ2n) is 2.97. The van der Waals surface area contributed by atoms with Crippen LogP contribution >= 0.6 is 0 Å². The van der Waals surface area contributed by atoms with E-state index in [2.05, 4.69) is 11.9 Å². The smallest absolute Gasteiger partial charge is 0.0388 e. The fourth-order valence-corrected chi connectivity index (χ4v) is 1.40. The van der Waals surface area contributed by atoms with Crippen molar-refractivity contribution in [2.45, 2.75) is 45.4 Å². The van der Waals surface area contributed by atoms with Crippen LogP contribution in [0.5, 0.6) is 0 Å². The lowest BCUT2D eigenvalue weighted by Crippen LogP contribution is -2.01. The molecule has 1 aliphatic rings. The molecular formula is C9H17N. The summed E-state index contributed by atoms with van der Waals surface area (Å²) in [5, 5.41) is 0. The first-order valence-corrected chi connectivity index (χ1v) is 4.45. The molecule has 0 unspecified atom stereocenters. The van der Waals surface area contributed by atoms with Gasteiger partial charge in [0.05, 0.1) is 0 Å². The zero-order valence-corrected chi connectivity index (χ0v) is 6.90. The Morgan fingerprint density at radius 3 is 2.80 bits per heavy atom. The van der Waals surface area contributed by atoms with Gasteiger partial charge in [-0.2, -0.15) is 0 Å². The van der Waals surface area contributed by atoms with Crippen LogP contribution in [0.2, 0.25) is 0 Å². The Kier molecular flexibility index (Phi) is 3.48. The van der Waals surface area contributed by atoms with Gasteiger partial charge >= 0.3 is 0 Å². The van der Waals surface area contributed by atoms with E-state index in [1.807, 2.05) is 0 Å². The van der Waals surface area contributed by atoms with Gasteiger partial charge in [0.1, 0.15) is 0 Å². The van der Waals surface area contributed by atoms with Gasteiger partial charge < -0.3 is 0 Å². The van der Waals surface area contributed by atoms with Gasteiger partial charge in [0.15, 0.2) is 0 Å². The fourth-order valence-electron chi connectivity index (χ4n) is 1.40. The largest absolute Gasteiger partial charge is 0.294 e. The lowest BCUT2D eigenvalue weighted by Gasteiger charge is -2.07. The maximum Gasteiger partial charge on any atom is 0.0388 e. The van der Waals surface area contributed by atoms with E-state index in [-0.39, 0.29) is 0 Å². The molecule has 0 N–H and O–H groups in total. The lowest BCUT2D eigenvalue weighted by molar-refractivity contribution is 0.640. The summed E-state index contributed by atoms with van der Waals surface area (Å²) < 4.78 is 0. The molecule has 1 rings (SSSR count). The lowest BCUT2D eigenvalue weighted by atomic mass is 10.1. The van der Waals surface area contributed by atoms with Crippen molar-refractivity contribution >= 4 is 5.71 Å². The summed E-state index contributed by atoms with van der Waals surface area (Å²) >= 11 is 0. The average Bonchev–Trinajstić information content (AvgIpc) is 1.87. The molecule has 0 spiro atoms. The van der Waals surface area contributed by atoms with Crippen molar-refractivity contribution in [3.8, 4) is 0 Å². The van der Waals surface area contributed by atoms with Crippen molar-refractivity contribution < 1.29 is 0 Å². The SMILES string of the molecule is CC/C1=N/CCCCCC1. The van der Waals surface area contributed by atoms with Crippen LogP contribution in [0.1, 0.15) is 45.4 Å². The standard InChI is InChI=1S/C9H17N/c1-2-9-7-5-3-4-6-8-10-9/h2-8H2,1H3/b10-9-. The normalized spacial score (nSPS) is 26.3. The number of aliphatic imine (C=N–C) groups is 1. The molecule has 0 aliphatic carbocycles. The van der Waals surface area contributed by atoms with Crippen molar-refractivity contribution in [3.63, 3.8) is 0 Å². The molecule has 0 aromatic heterocycles. The minimum atomic E-state index is 1.09. The monoisotopic (exact) mass is 139 g/mol. The van der Waals surface area contributed by atoms with Gasteiger partial charge in [0.2, 0.25) is 0 Å². The Hall–Kier alpha value is -0.330. The number of nitrogens with zero attached hydrogens (tertiary/aromatic N) is 1. The maximum atomic E-state index is 4.52. The molecule has 0 aromatic carbocycles. The highest BCUT2D eigenvalue weighted by atomic mass is 14.7. The Bertz CT molecular complexity index is 116. The molecule has 0 bridgehead atoms. The van der Waals surface area contributed by atoms with Crippen molar-refractivity contribution in [1.29, 1.82) is 0 Å². The van der Waals surface area contributed by atoms with E-state index >= 15 is 0 Å². The van der Waals surface area contributed by atoms with Crippen LogP contribution in [-0.2, 0) is 0 Å². The summed E-state index contributed by atoms with van der Waals surface area (Å²) in [6.07, 6.45) is 7.91. The average molecular weight is 139 g/mol. The molecule has 0 atom stereocenters. The molecule has 0 aromatic rings. The molecular weight excluding hydrogens is 122 g/mol. The number of rotatable bonds is 1. The third-order valence-electron chi connectivity index (χ3n) is 2.12. The van der Waals surface area contributed by atoms with Crippen molar-refractivity contribution in [2.75, 3.05) is 6.54 Å². The van der Waals surface area contributed by atoms with E-state index in [9.17, 15) is 0 Å². The quantitative estimate of drug-likeness (QED) is 0.529. The number of hydrogen-bond acceptors (Lipinski definition) is 1. The second kappa shape index (κ2) is 4.48. The summed E-state index contributed by atoms with van der Waals surface area (Å²) in [5.41, 5.74) is 1.44. The molecule has 1 heterocycles. The van der Waals surface area contributed by atoms with E-state index < -0.39 is 0 Å². The summed E-state index contributed by atoms with van der Waals surface area (Å²) in [6, 6.07) is 0. The zero-order chi connectivity index (χ0) is 7.23. The van der Waals surface area contributed by atoms with Gasteiger partial charge in [0, 0.05) is 12.3 Å². The third kappa shape index (κ3) is 2.51. The summed E-state index contributed by atoms with van der Waals surface area (Å²) in [5.74, 6) is 0. The van der Waals surface area contributed by atoms with Gasteiger partial charge in [-0.3, -0.25) is 4.99 Å². The van der Waals surface area contributed by atoms with Crippen LogP contribution in [0.25, 0.3) is 0 Å². The van der Waals surface area contributed by atoms with Gasteiger partial charge in [0.25, 0.3) is 0 Å². The van der Waals surface area contributed by atoms with Crippen molar-refractivity contribution in [1.82, 2.24) is 0 Å².